The minimum Gasteiger partial charge on any atom is -0.324 e. The van der Waals surface area contributed by atoms with Gasteiger partial charge in [-0.3, -0.25) is 0 Å². The van der Waals surface area contributed by atoms with E-state index in [1.165, 1.54) is 0 Å². The molecule has 1 aromatic carbocycles. The molecule has 0 atom stereocenters. The van der Waals surface area contributed by atoms with E-state index in [9.17, 15) is 13.2 Å². The first-order valence-corrected chi connectivity index (χ1v) is 7.65. The quantitative estimate of drug-likeness (QED) is 0.594. The van der Waals surface area contributed by atoms with E-state index in [-0.39, 0.29) is 5.95 Å². The highest BCUT2D eigenvalue weighted by Gasteiger charge is 2.34. The molecule has 0 spiro atoms. The van der Waals surface area contributed by atoms with E-state index in [1.807, 2.05) is 18.2 Å². The maximum Gasteiger partial charge on any atom is 0.420 e. The van der Waals surface area contributed by atoms with Crippen molar-refractivity contribution in [1.82, 2.24) is 9.97 Å². The number of thioether (sulfide) groups is 1. The Balaban J connectivity index is 2.19. The number of rotatable bonds is 4. The van der Waals surface area contributed by atoms with Gasteiger partial charge in [0.15, 0.2) is 0 Å². The molecule has 8 heteroatoms. The van der Waals surface area contributed by atoms with Crippen LogP contribution in [0.15, 0.2) is 35.4 Å². The second kappa shape index (κ2) is 6.75. The lowest BCUT2D eigenvalue weighted by molar-refractivity contribution is -0.137. The topological polar surface area (TPSA) is 37.8 Å². The fraction of sp³-hybridized carbons (Fsp3) is 0.286. The highest BCUT2D eigenvalue weighted by atomic mass is 35.5. The van der Waals surface area contributed by atoms with Crippen molar-refractivity contribution in [3.63, 3.8) is 0 Å². The number of aromatic nitrogens is 2. The van der Waals surface area contributed by atoms with Gasteiger partial charge >= 0.3 is 6.18 Å². The minimum absolute atomic E-state index is 0.0182. The summed E-state index contributed by atoms with van der Waals surface area (Å²) in [6.45, 7) is 4.15. The van der Waals surface area contributed by atoms with E-state index in [2.05, 4.69) is 29.1 Å². The number of hydrogen-bond acceptors (Lipinski definition) is 4. The summed E-state index contributed by atoms with van der Waals surface area (Å²) in [4.78, 5) is 8.34. The summed E-state index contributed by atoms with van der Waals surface area (Å²) >= 11 is 7.24. The molecule has 0 aliphatic heterocycles. The Morgan fingerprint density at radius 1 is 1.27 bits per heavy atom. The molecule has 0 radical (unpaired) electrons. The van der Waals surface area contributed by atoms with E-state index in [0.29, 0.717) is 17.1 Å². The highest BCUT2D eigenvalue weighted by molar-refractivity contribution is 7.99. The van der Waals surface area contributed by atoms with Gasteiger partial charge in [0, 0.05) is 22.0 Å². The van der Waals surface area contributed by atoms with Crippen LogP contribution in [-0.2, 0) is 6.18 Å². The highest BCUT2D eigenvalue weighted by Crippen LogP contribution is 2.33. The summed E-state index contributed by atoms with van der Waals surface area (Å²) in [7, 11) is 0. The van der Waals surface area contributed by atoms with Gasteiger partial charge in [-0.05, 0) is 18.2 Å². The molecule has 1 N–H and O–H groups in total. The Morgan fingerprint density at radius 3 is 2.59 bits per heavy atom. The van der Waals surface area contributed by atoms with Gasteiger partial charge in [-0.15, -0.1) is 11.8 Å². The van der Waals surface area contributed by atoms with E-state index >= 15 is 0 Å². The zero-order chi connectivity index (χ0) is 16.3. The second-order valence-corrected chi connectivity index (χ2v) is 6.72. The number of nitrogens with one attached hydrogen (secondary N) is 1. The maximum atomic E-state index is 12.6. The monoisotopic (exact) mass is 347 g/mol. The average Bonchev–Trinajstić information content (AvgIpc) is 2.36. The Kier molecular flexibility index (Phi) is 5.18. The zero-order valence-corrected chi connectivity index (χ0v) is 13.4. The molecule has 0 fully saturated rings. The largest absolute Gasteiger partial charge is 0.420 e. The summed E-state index contributed by atoms with van der Waals surface area (Å²) < 4.78 is 37.8. The number of nitrogens with zero attached hydrogens (tertiary/aromatic N) is 2. The Morgan fingerprint density at radius 2 is 2.00 bits per heavy atom. The van der Waals surface area contributed by atoms with Gasteiger partial charge < -0.3 is 5.32 Å². The van der Waals surface area contributed by atoms with Crippen LogP contribution in [0.2, 0.25) is 5.15 Å². The first-order valence-electron chi connectivity index (χ1n) is 6.39. The van der Waals surface area contributed by atoms with Gasteiger partial charge in [0.05, 0.1) is 0 Å². The van der Waals surface area contributed by atoms with E-state index in [4.69, 9.17) is 11.6 Å². The molecule has 3 nitrogen and oxygen atoms in total. The van der Waals surface area contributed by atoms with Gasteiger partial charge in [-0.1, -0.05) is 31.5 Å². The van der Waals surface area contributed by atoms with Gasteiger partial charge in [0.2, 0.25) is 5.95 Å². The number of alkyl halides is 3. The van der Waals surface area contributed by atoms with Crippen molar-refractivity contribution in [2.24, 2.45) is 0 Å². The third-order valence-corrected chi connectivity index (χ3v) is 3.80. The SMILES string of the molecule is CC(C)Sc1cccc(Nc2ncc(C(F)(F)F)c(Cl)n2)c1. The summed E-state index contributed by atoms with van der Waals surface area (Å²) in [5, 5.41) is 2.65. The summed E-state index contributed by atoms with van der Waals surface area (Å²) in [5.41, 5.74) is -0.370. The Bertz CT molecular complexity index is 662. The molecule has 1 aromatic heterocycles. The molecule has 0 amide bonds. The fourth-order valence-corrected chi connectivity index (χ4v) is 2.79. The number of hydrogen-bond donors (Lipinski definition) is 1. The predicted molar refractivity (Wildman–Crippen MR) is 82.8 cm³/mol. The smallest absolute Gasteiger partial charge is 0.324 e. The third kappa shape index (κ3) is 4.51. The molecule has 0 saturated heterocycles. The average molecular weight is 348 g/mol. The van der Waals surface area contributed by atoms with Crippen LogP contribution in [0.4, 0.5) is 24.8 Å². The first-order chi connectivity index (χ1) is 10.3. The first kappa shape index (κ1) is 16.9. The van der Waals surface area contributed by atoms with E-state index in [0.717, 1.165) is 4.90 Å². The van der Waals surface area contributed by atoms with Gasteiger partial charge in [-0.2, -0.15) is 13.2 Å². The molecule has 0 aliphatic rings. The van der Waals surface area contributed by atoms with Gasteiger partial charge in [0.25, 0.3) is 0 Å². The van der Waals surface area contributed by atoms with Crippen molar-refractivity contribution < 1.29 is 13.2 Å². The van der Waals surface area contributed by atoms with E-state index < -0.39 is 16.9 Å². The van der Waals surface area contributed by atoms with Crippen LogP contribution in [-0.4, -0.2) is 15.2 Å². The standard InChI is InChI=1S/C14H13ClF3N3S/c1-8(2)22-10-5-3-4-9(6-10)20-13-19-7-11(12(15)21-13)14(16,17)18/h3-8H,1-2H3,(H,19,20,21). The van der Waals surface area contributed by atoms with Crippen molar-refractivity contribution in [2.45, 2.75) is 30.2 Å². The van der Waals surface area contributed by atoms with Crippen molar-refractivity contribution in [1.29, 1.82) is 0 Å². The lowest BCUT2D eigenvalue weighted by Crippen LogP contribution is -2.09. The van der Waals surface area contributed by atoms with Crippen molar-refractivity contribution in [3.05, 3.63) is 41.2 Å². The molecule has 2 rings (SSSR count). The van der Waals surface area contributed by atoms with Crippen LogP contribution in [0.1, 0.15) is 19.4 Å². The van der Waals surface area contributed by atoms with Crippen LogP contribution in [0, 0.1) is 0 Å². The Hall–Kier alpha value is -1.47. The lowest BCUT2D eigenvalue weighted by atomic mass is 10.3. The number of anilines is 2. The van der Waals surface area contributed by atoms with Gasteiger partial charge in [0.1, 0.15) is 10.7 Å². The zero-order valence-electron chi connectivity index (χ0n) is 11.8. The minimum atomic E-state index is -4.57. The van der Waals surface area contributed by atoms with Crippen molar-refractivity contribution in [3.8, 4) is 0 Å². The number of halogens is 4. The molecule has 1 heterocycles. The molecule has 118 valence electrons. The lowest BCUT2D eigenvalue weighted by Gasteiger charge is -2.11. The maximum absolute atomic E-state index is 12.6. The van der Waals surface area contributed by atoms with Crippen LogP contribution in [0.5, 0.6) is 0 Å². The normalized spacial score (nSPS) is 11.8. The molecule has 0 aliphatic carbocycles. The van der Waals surface area contributed by atoms with E-state index in [1.54, 1.807) is 17.8 Å². The molecule has 22 heavy (non-hydrogen) atoms. The number of benzene rings is 1. The summed E-state index contributed by atoms with van der Waals surface area (Å²) in [6.07, 6.45) is -3.90. The molecular weight excluding hydrogens is 335 g/mol. The molecule has 0 saturated carbocycles. The molecule has 2 aromatic rings. The third-order valence-electron chi connectivity index (χ3n) is 2.51. The Labute approximate surface area is 135 Å². The van der Waals surface area contributed by atoms with Gasteiger partial charge in [-0.25, -0.2) is 9.97 Å². The summed E-state index contributed by atoms with van der Waals surface area (Å²) in [6, 6.07) is 7.45. The van der Waals surface area contributed by atoms with Crippen molar-refractivity contribution >= 4 is 35.0 Å². The fourth-order valence-electron chi connectivity index (χ4n) is 1.66. The second-order valence-electron chi connectivity index (χ2n) is 4.72. The van der Waals surface area contributed by atoms with Crippen LogP contribution in [0.25, 0.3) is 0 Å². The van der Waals surface area contributed by atoms with Crippen LogP contribution < -0.4 is 5.32 Å². The van der Waals surface area contributed by atoms with Crippen LogP contribution in [0.3, 0.4) is 0 Å². The molecule has 0 bridgehead atoms. The molecular formula is C14H13ClF3N3S. The predicted octanol–water partition coefficient (Wildman–Crippen LogP) is 5.39. The van der Waals surface area contributed by atoms with Crippen molar-refractivity contribution in [2.75, 3.05) is 5.32 Å². The molecule has 0 unspecified atom stereocenters. The summed E-state index contributed by atoms with van der Waals surface area (Å²) in [5.74, 6) is 0.0182. The van der Waals surface area contributed by atoms with Crippen LogP contribution >= 0.6 is 23.4 Å².